The number of hydrogen-bond donors (Lipinski definition) is 0. The smallest absolute Gasteiger partial charge is 0.343 e. The first-order chi connectivity index (χ1) is 23.9. The van der Waals surface area contributed by atoms with E-state index in [1.54, 1.807) is 0 Å². The summed E-state index contributed by atoms with van der Waals surface area (Å²) in [6.07, 6.45) is 0.592. The second-order valence-electron chi connectivity index (χ2n) is 14.6. The van der Waals surface area contributed by atoms with Gasteiger partial charge in [-0.1, -0.05) is 172 Å². The van der Waals surface area contributed by atoms with Crippen molar-refractivity contribution in [1.29, 1.82) is 0 Å². The summed E-state index contributed by atoms with van der Waals surface area (Å²) in [5.41, 5.74) is -0.797. The summed E-state index contributed by atoms with van der Waals surface area (Å²) < 4.78 is 13.3. The van der Waals surface area contributed by atoms with Crippen LogP contribution in [0.15, 0.2) is 152 Å². The monoisotopic (exact) mass is 700 g/mol. The molecule has 0 unspecified atom stereocenters. The average Bonchev–Trinajstić information content (AvgIpc) is 3.11. The van der Waals surface area contributed by atoms with Gasteiger partial charge >= 0.3 is 5.97 Å². The predicted octanol–water partition coefficient (Wildman–Crippen LogP) is 7.42. The van der Waals surface area contributed by atoms with Crippen LogP contribution in [0.25, 0.3) is 0 Å². The molecule has 0 bridgehead atoms. The maximum atomic E-state index is 14.9. The molecule has 0 aliphatic rings. The fourth-order valence-corrected chi connectivity index (χ4v) is 15.8. The summed E-state index contributed by atoms with van der Waals surface area (Å²) in [5.74, 6) is -0.782. The van der Waals surface area contributed by atoms with Gasteiger partial charge in [-0.15, -0.1) is 0 Å². The van der Waals surface area contributed by atoms with Gasteiger partial charge in [-0.05, 0) is 65.4 Å². The molecule has 0 saturated heterocycles. The summed E-state index contributed by atoms with van der Waals surface area (Å²) in [6.45, 7) is 9.64. The Labute approximate surface area is 299 Å². The van der Waals surface area contributed by atoms with Gasteiger partial charge in [0.2, 0.25) is 0 Å². The van der Waals surface area contributed by atoms with Crippen LogP contribution in [0, 0.1) is 0 Å². The quantitative estimate of drug-likeness (QED) is 0.0447. The van der Waals surface area contributed by atoms with Gasteiger partial charge in [-0.25, -0.2) is 4.79 Å². The molecule has 6 heteroatoms. The molecule has 0 saturated carbocycles. The third kappa shape index (κ3) is 7.71. The third-order valence-electron chi connectivity index (χ3n) is 8.91. The second-order valence-corrected chi connectivity index (χ2v) is 22.2. The molecule has 0 heterocycles. The lowest BCUT2D eigenvalue weighted by atomic mass is 10.1. The Hall–Kier alpha value is -4.28. The van der Waals surface area contributed by atoms with Gasteiger partial charge in [0.05, 0.1) is 0 Å². The predicted molar refractivity (Wildman–Crippen MR) is 214 cm³/mol. The molecule has 5 aromatic rings. The maximum absolute atomic E-state index is 14.9. The van der Waals surface area contributed by atoms with Crippen LogP contribution in [-0.4, -0.2) is 37.6 Å². The summed E-state index contributed by atoms with van der Waals surface area (Å²) in [6, 6.07) is 51.0. The van der Waals surface area contributed by atoms with Crippen molar-refractivity contribution in [3.05, 3.63) is 152 Å². The number of rotatable bonds is 12. The first kappa shape index (κ1) is 37.0. The van der Waals surface area contributed by atoms with Crippen LogP contribution < -0.4 is 26.3 Å². The zero-order valence-electron chi connectivity index (χ0n) is 30.1. The average molecular weight is 701 g/mol. The van der Waals surface area contributed by atoms with Crippen LogP contribution in [0.2, 0.25) is 5.04 Å². The van der Waals surface area contributed by atoms with Crippen molar-refractivity contribution in [2.75, 3.05) is 6.61 Å². The number of Topliss-reactive ketones (excluding diaryl/α,β-unsaturated/α-hetero) is 1. The van der Waals surface area contributed by atoms with E-state index in [1.807, 2.05) is 124 Å². The minimum atomic E-state index is -3.00. The Morgan fingerprint density at radius 3 is 1.26 bits per heavy atom. The molecule has 0 radical (unpaired) electrons. The lowest BCUT2D eigenvalue weighted by Crippen LogP contribution is -2.66. The molecular formula is C44H49O4PSi. The molecule has 0 atom stereocenters. The Balaban J connectivity index is 1.64. The first-order valence-corrected chi connectivity index (χ1v) is 21.1. The van der Waals surface area contributed by atoms with Gasteiger partial charge < -0.3 is 9.16 Å². The van der Waals surface area contributed by atoms with E-state index in [0.717, 1.165) is 15.9 Å². The number of esters is 1. The van der Waals surface area contributed by atoms with Crippen molar-refractivity contribution < 1.29 is 18.8 Å². The number of hydrogen-bond acceptors (Lipinski definition) is 4. The van der Waals surface area contributed by atoms with E-state index in [0.29, 0.717) is 13.0 Å². The third-order valence-corrected chi connectivity index (χ3v) is 18.3. The lowest BCUT2D eigenvalue weighted by molar-refractivity contribution is -0.146. The van der Waals surface area contributed by atoms with Gasteiger partial charge in [0.15, 0.2) is 5.78 Å². The van der Waals surface area contributed by atoms with E-state index in [1.165, 1.54) is 10.4 Å². The highest BCUT2D eigenvalue weighted by molar-refractivity contribution is 7.97. The highest BCUT2D eigenvalue weighted by atomic mass is 31.2. The van der Waals surface area contributed by atoms with Gasteiger partial charge in [-0.3, -0.25) is 4.79 Å². The molecule has 4 nitrogen and oxygen atoms in total. The summed E-state index contributed by atoms with van der Waals surface area (Å²) in [4.78, 5) is 29.5. The van der Waals surface area contributed by atoms with Crippen molar-refractivity contribution in [2.45, 2.75) is 65.0 Å². The number of carbonyl (C=O) groups is 2. The molecule has 0 amide bonds. The van der Waals surface area contributed by atoms with Gasteiger partial charge in [0, 0.05) is 13.0 Å². The standard InChI is InChI=1S/C44H49O4PSi/c1-43(2,3)48-42(46)41(49(35-23-12-7-13-24-35,36-25-14-8-15-26-36)37-27-16-9-17-28-37)40(45)33-22-34-47-50(44(4,5)6,38-29-18-10-19-30-38)39-31-20-11-21-32-39/h7-21,23-32H,22,33-34H2,1-6H3. The van der Waals surface area contributed by atoms with Gasteiger partial charge in [0.25, 0.3) is 8.32 Å². The van der Waals surface area contributed by atoms with Crippen LogP contribution in [0.5, 0.6) is 0 Å². The number of ether oxygens (including phenoxy) is 1. The first-order valence-electron chi connectivity index (χ1n) is 17.4. The Morgan fingerprint density at radius 1 is 0.560 bits per heavy atom. The Morgan fingerprint density at radius 2 is 0.920 bits per heavy atom. The van der Waals surface area contributed by atoms with E-state index < -0.39 is 26.8 Å². The molecule has 258 valence electrons. The van der Waals surface area contributed by atoms with Crippen LogP contribution in [0.1, 0.15) is 54.4 Å². The fourth-order valence-electron chi connectivity index (χ4n) is 6.89. The second kappa shape index (κ2) is 15.7. The van der Waals surface area contributed by atoms with Crippen molar-refractivity contribution in [2.24, 2.45) is 0 Å². The Kier molecular flexibility index (Phi) is 11.6. The maximum Gasteiger partial charge on any atom is 0.343 e. The van der Waals surface area contributed by atoms with Crippen molar-refractivity contribution in [3.8, 4) is 0 Å². The summed E-state index contributed by atoms with van der Waals surface area (Å²) in [7, 11) is -2.80. The largest absolute Gasteiger partial charge is 0.456 e. The highest BCUT2D eigenvalue weighted by Gasteiger charge is 2.50. The Bertz CT molecular complexity index is 1770. The van der Waals surface area contributed by atoms with E-state index >= 15 is 0 Å². The zero-order valence-corrected chi connectivity index (χ0v) is 32.0. The van der Waals surface area contributed by atoms with Crippen LogP contribution >= 0.6 is 6.89 Å². The molecule has 5 rings (SSSR count). The zero-order chi connectivity index (χ0) is 35.8. The van der Waals surface area contributed by atoms with E-state index in [4.69, 9.17) is 9.16 Å². The minimum Gasteiger partial charge on any atom is -0.456 e. The van der Waals surface area contributed by atoms with Crippen molar-refractivity contribution in [1.82, 2.24) is 0 Å². The highest BCUT2D eigenvalue weighted by Crippen LogP contribution is 2.47. The lowest BCUT2D eigenvalue weighted by Gasteiger charge is -2.43. The summed E-state index contributed by atoms with van der Waals surface area (Å²) >= 11 is 0. The van der Waals surface area contributed by atoms with E-state index in [2.05, 4.69) is 69.3 Å². The normalized spacial score (nSPS) is 12.3. The van der Waals surface area contributed by atoms with Crippen LogP contribution in [0.3, 0.4) is 0 Å². The van der Waals surface area contributed by atoms with E-state index in [9.17, 15) is 9.59 Å². The van der Waals surface area contributed by atoms with E-state index in [-0.39, 0.29) is 22.5 Å². The van der Waals surface area contributed by atoms with Crippen LogP contribution in [0.4, 0.5) is 0 Å². The van der Waals surface area contributed by atoms with Crippen LogP contribution in [-0.2, 0) is 18.8 Å². The molecule has 0 aliphatic carbocycles. The molecule has 50 heavy (non-hydrogen) atoms. The fraction of sp³-hybridized carbons (Fsp3) is 0.250. The van der Waals surface area contributed by atoms with Gasteiger partial charge in [-0.2, -0.15) is 0 Å². The number of ketones is 1. The number of carbonyl (C=O) groups excluding carboxylic acids is 2. The topological polar surface area (TPSA) is 52.6 Å². The number of benzene rings is 5. The van der Waals surface area contributed by atoms with Gasteiger partial charge in [0.1, 0.15) is 10.9 Å². The molecular weight excluding hydrogens is 652 g/mol. The molecule has 5 aromatic carbocycles. The van der Waals surface area contributed by atoms with Crippen molar-refractivity contribution in [3.63, 3.8) is 0 Å². The molecule has 0 fully saturated rings. The molecule has 0 spiro atoms. The summed E-state index contributed by atoms with van der Waals surface area (Å²) in [5, 5.41) is 5.17. The molecule has 0 N–H and O–H groups in total. The molecule has 0 aromatic heterocycles. The SMILES string of the molecule is CC(C)(C)OC(=O)C(C(=O)CCCO[Si](c1ccccc1)(c1ccccc1)C(C)(C)C)=P(c1ccccc1)(c1ccccc1)c1ccccc1. The minimum absolute atomic E-state index is 0.140. The van der Waals surface area contributed by atoms with Crippen molar-refractivity contribution >= 4 is 58.5 Å². The molecule has 0 aliphatic heterocycles.